The number of carbonyl (C=O) groups is 1. The first-order chi connectivity index (χ1) is 14.6. The van der Waals surface area contributed by atoms with Gasteiger partial charge < -0.3 is 20.3 Å². The fourth-order valence-corrected chi connectivity index (χ4v) is 4.84. The number of hydrogen-bond acceptors (Lipinski definition) is 5. The molecule has 0 bridgehead atoms. The van der Waals surface area contributed by atoms with Gasteiger partial charge in [0, 0.05) is 29.6 Å². The predicted molar refractivity (Wildman–Crippen MR) is 124 cm³/mol. The minimum absolute atomic E-state index is 0.0132. The van der Waals surface area contributed by atoms with E-state index in [-0.39, 0.29) is 24.6 Å². The van der Waals surface area contributed by atoms with Gasteiger partial charge in [0.2, 0.25) is 5.91 Å². The monoisotopic (exact) mass is 438 g/mol. The van der Waals surface area contributed by atoms with Crippen molar-refractivity contribution in [2.45, 2.75) is 19.0 Å². The van der Waals surface area contributed by atoms with Crippen LogP contribution in [0.3, 0.4) is 0 Å². The van der Waals surface area contributed by atoms with Crippen LogP contribution in [0.2, 0.25) is 0 Å². The number of methoxy groups -OCH3 is 1. The molecule has 0 unspecified atom stereocenters. The summed E-state index contributed by atoms with van der Waals surface area (Å²) in [5.74, 6) is -0.182. The zero-order chi connectivity index (χ0) is 21.1. The Bertz CT molecular complexity index is 1040. The fraction of sp³-hybridized carbons (Fsp3) is 0.227. The number of ether oxygens (including phenoxy) is 1. The second-order valence-corrected chi connectivity index (χ2v) is 8.36. The molecule has 154 valence electrons. The number of thiophene rings is 1. The lowest BCUT2D eigenvalue weighted by Gasteiger charge is -2.27. The molecule has 1 saturated heterocycles. The topological polar surface area (TPSA) is 66.5 Å². The van der Waals surface area contributed by atoms with Crippen molar-refractivity contribution in [3.05, 3.63) is 76.2 Å². The van der Waals surface area contributed by atoms with Gasteiger partial charge in [0.05, 0.1) is 17.8 Å². The van der Waals surface area contributed by atoms with Crippen molar-refractivity contribution in [2.24, 2.45) is 0 Å². The largest absolute Gasteiger partial charge is 0.375 e. The molecule has 8 heteroatoms. The van der Waals surface area contributed by atoms with Gasteiger partial charge in [0.15, 0.2) is 5.11 Å². The molecule has 0 aliphatic carbocycles. The van der Waals surface area contributed by atoms with Crippen molar-refractivity contribution in [2.75, 3.05) is 23.9 Å². The molecule has 30 heavy (non-hydrogen) atoms. The number of aryl methyl sites for hydroxylation is 1. The average Bonchev–Trinajstić information content (AvgIpc) is 3.38. The molecule has 2 aromatic heterocycles. The second-order valence-electron chi connectivity index (χ2n) is 6.99. The van der Waals surface area contributed by atoms with Crippen molar-refractivity contribution < 1.29 is 9.53 Å². The van der Waals surface area contributed by atoms with Gasteiger partial charge >= 0.3 is 0 Å². The van der Waals surface area contributed by atoms with E-state index in [4.69, 9.17) is 17.0 Å². The van der Waals surface area contributed by atoms with Gasteiger partial charge in [-0.15, -0.1) is 11.3 Å². The van der Waals surface area contributed by atoms with E-state index in [0.29, 0.717) is 5.11 Å². The normalized spacial score (nSPS) is 18.3. The zero-order valence-electron chi connectivity index (χ0n) is 16.7. The van der Waals surface area contributed by atoms with E-state index in [1.165, 1.54) is 12.0 Å². The Morgan fingerprint density at radius 1 is 1.30 bits per heavy atom. The van der Waals surface area contributed by atoms with Crippen LogP contribution < -0.4 is 15.5 Å². The Kier molecular flexibility index (Phi) is 6.08. The van der Waals surface area contributed by atoms with Gasteiger partial charge in [-0.2, -0.15) is 0 Å². The number of nitrogens with zero attached hydrogens (tertiary/aromatic N) is 2. The van der Waals surface area contributed by atoms with Crippen LogP contribution in [0, 0.1) is 6.92 Å². The number of anilines is 2. The van der Waals surface area contributed by atoms with Crippen LogP contribution in [0.1, 0.15) is 28.2 Å². The zero-order valence-corrected chi connectivity index (χ0v) is 18.3. The van der Waals surface area contributed by atoms with Gasteiger partial charge in [-0.25, -0.2) is 0 Å². The lowest BCUT2D eigenvalue weighted by atomic mass is 10.0. The Morgan fingerprint density at radius 2 is 2.17 bits per heavy atom. The van der Waals surface area contributed by atoms with Crippen LogP contribution in [-0.4, -0.2) is 29.7 Å². The highest BCUT2D eigenvalue weighted by Crippen LogP contribution is 2.43. The van der Waals surface area contributed by atoms with Crippen molar-refractivity contribution in [1.82, 2.24) is 10.3 Å². The molecular formula is C22H22N4O2S2. The second kappa shape index (κ2) is 8.91. The van der Waals surface area contributed by atoms with Crippen molar-refractivity contribution in [3.8, 4) is 0 Å². The summed E-state index contributed by atoms with van der Waals surface area (Å²) in [6.07, 6.45) is 1.80. The van der Waals surface area contributed by atoms with Crippen LogP contribution in [-0.2, 0) is 9.53 Å². The first-order valence-electron chi connectivity index (χ1n) is 9.52. The smallest absolute Gasteiger partial charge is 0.250 e. The molecule has 1 fully saturated rings. The molecule has 3 heterocycles. The highest BCUT2D eigenvalue weighted by molar-refractivity contribution is 7.80. The van der Waals surface area contributed by atoms with Gasteiger partial charge in [-0.05, 0) is 66.5 Å². The number of nitrogens with one attached hydrogen (secondary N) is 2. The lowest BCUT2D eigenvalue weighted by Crippen LogP contribution is -2.29. The number of amides is 1. The van der Waals surface area contributed by atoms with E-state index in [0.717, 1.165) is 22.6 Å². The first kappa shape index (κ1) is 20.5. The number of aromatic nitrogens is 1. The standard InChI is InChI=1S/C22H22N4O2S2/c1-14-12-15(8-9-16(14)24-19(27)13-28-2)26-21(18-7-5-11-30-18)20(25-22(26)29)17-6-3-4-10-23-17/h3-12,20-21H,13H2,1-2H3,(H,24,27)(H,25,29)/t20-,21+/m1/s1. The fourth-order valence-electron chi connectivity index (χ4n) is 3.64. The SMILES string of the molecule is COCC(=O)Nc1ccc(N2C(=S)N[C@H](c3ccccn3)[C@@H]2c2cccs2)cc1C. The van der Waals surface area contributed by atoms with Crippen LogP contribution in [0.4, 0.5) is 11.4 Å². The summed E-state index contributed by atoms with van der Waals surface area (Å²) in [5, 5.41) is 9.06. The van der Waals surface area contributed by atoms with E-state index in [9.17, 15) is 4.79 Å². The summed E-state index contributed by atoms with van der Waals surface area (Å²) in [7, 11) is 1.50. The molecule has 3 aromatic rings. The first-order valence-corrected chi connectivity index (χ1v) is 10.8. The van der Waals surface area contributed by atoms with Crippen molar-refractivity contribution in [1.29, 1.82) is 0 Å². The Balaban J connectivity index is 1.69. The highest BCUT2D eigenvalue weighted by Gasteiger charge is 2.41. The minimum atomic E-state index is -0.182. The summed E-state index contributed by atoms with van der Waals surface area (Å²) >= 11 is 7.44. The third-order valence-electron chi connectivity index (χ3n) is 4.97. The van der Waals surface area contributed by atoms with E-state index in [1.807, 2.05) is 43.3 Å². The summed E-state index contributed by atoms with van der Waals surface area (Å²) < 4.78 is 4.89. The summed E-state index contributed by atoms with van der Waals surface area (Å²) in [6.45, 7) is 1.99. The van der Waals surface area contributed by atoms with E-state index < -0.39 is 0 Å². The van der Waals surface area contributed by atoms with Gasteiger partial charge in [0.1, 0.15) is 6.61 Å². The summed E-state index contributed by atoms with van der Waals surface area (Å²) in [6, 6.07) is 15.9. The summed E-state index contributed by atoms with van der Waals surface area (Å²) in [4.78, 5) is 19.8. The Labute approximate surface area is 184 Å². The van der Waals surface area contributed by atoms with Crippen LogP contribution in [0.15, 0.2) is 60.1 Å². The van der Waals surface area contributed by atoms with Gasteiger partial charge in [-0.3, -0.25) is 9.78 Å². The average molecular weight is 439 g/mol. The summed E-state index contributed by atoms with van der Waals surface area (Å²) in [5.41, 5.74) is 3.62. The van der Waals surface area contributed by atoms with E-state index in [2.05, 4.69) is 38.0 Å². The lowest BCUT2D eigenvalue weighted by molar-refractivity contribution is -0.119. The van der Waals surface area contributed by atoms with Crippen molar-refractivity contribution >= 4 is 45.9 Å². The number of hydrogen-bond donors (Lipinski definition) is 2. The molecule has 0 spiro atoms. The molecule has 1 aliphatic heterocycles. The number of benzene rings is 1. The molecule has 6 nitrogen and oxygen atoms in total. The van der Waals surface area contributed by atoms with Crippen molar-refractivity contribution in [3.63, 3.8) is 0 Å². The number of carbonyl (C=O) groups excluding carboxylic acids is 1. The molecule has 2 N–H and O–H groups in total. The quantitative estimate of drug-likeness (QED) is 0.562. The highest BCUT2D eigenvalue weighted by atomic mass is 32.1. The molecule has 4 rings (SSSR count). The van der Waals surface area contributed by atoms with E-state index in [1.54, 1.807) is 17.5 Å². The molecule has 1 aliphatic rings. The van der Waals surface area contributed by atoms with Crippen LogP contribution >= 0.6 is 23.6 Å². The molecule has 0 saturated carbocycles. The van der Waals surface area contributed by atoms with E-state index >= 15 is 0 Å². The number of thiocarbonyl (C=S) groups is 1. The maximum absolute atomic E-state index is 11.9. The third-order valence-corrected chi connectivity index (χ3v) is 6.23. The van der Waals surface area contributed by atoms with Gasteiger partial charge in [-0.1, -0.05) is 12.1 Å². The predicted octanol–water partition coefficient (Wildman–Crippen LogP) is 4.21. The molecular weight excluding hydrogens is 416 g/mol. The maximum Gasteiger partial charge on any atom is 0.250 e. The molecule has 1 amide bonds. The maximum atomic E-state index is 11.9. The molecule has 2 atom stereocenters. The Morgan fingerprint density at radius 3 is 2.83 bits per heavy atom. The van der Waals surface area contributed by atoms with Gasteiger partial charge in [0.25, 0.3) is 0 Å². The van der Waals surface area contributed by atoms with Crippen LogP contribution in [0.5, 0.6) is 0 Å². The number of pyridine rings is 1. The molecule has 0 radical (unpaired) electrons. The Hall–Kier alpha value is -2.81. The molecule has 1 aromatic carbocycles. The minimum Gasteiger partial charge on any atom is -0.375 e. The third kappa shape index (κ3) is 4.07. The van der Waals surface area contributed by atoms with Crippen LogP contribution in [0.25, 0.3) is 0 Å². The number of rotatable bonds is 6.